The van der Waals surface area contributed by atoms with E-state index in [-0.39, 0.29) is 6.61 Å². The van der Waals surface area contributed by atoms with Crippen molar-refractivity contribution < 1.29 is 33.3 Å². The predicted octanol–water partition coefficient (Wildman–Crippen LogP) is 0.207. The number of carbonyl (C=O) groups excluding carboxylic acids is 3. The number of carbonyl (C=O) groups is 3. The standard InChI is InChI=1S/C14H18N2O7/c1-8(17)21-11-6-20-14(16-5-4-15-7-16)13(23-10(3)19)12(11)22-9(2)18/h4-5,7,11-14H,6H2,1-3H3/t11-,12+,13+,14-/m1/s1. The zero-order chi connectivity index (χ0) is 17.0. The van der Waals surface area contributed by atoms with E-state index in [2.05, 4.69) is 4.98 Å². The molecule has 126 valence electrons. The van der Waals surface area contributed by atoms with Gasteiger partial charge in [0.15, 0.2) is 24.5 Å². The van der Waals surface area contributed by atoms with Gasteiger partial charge < -0.3 is 23.5 Å². The maximum atomic E-state index is 11.4. The second-order valence-electron chi connectivity index (χ2n) is 5.03. The third-order valence-electron chi connectivity index (χ3n) is 3.14. The van der Waals surface area contributed by atoms with Crippen LogP contribution in [-0.4, -0.2) is 52.4 Å². The molecule has 1 fully saturated rings. The van der Waals surface area contributed by atoms with Gasteiger partial charge in [-0.15, -0.1) is 0 Å². The van der Waals surface area contributed by atoms with Crippen molar-refractivity contribution in [3.63, 3.8) is 0 Å². The highest BCUT2D eigenvalue weighted by Gasteiger charge is 2.47. The molecule has 23 heavy (non-hydrogen) atoms. The van der Waals surface area contributed by atoms with Crippen LogP contribution in [0.15, 0.2) is 18.7 Å². The lowest BCUT2D eigenvalue weighted by molar-refractivity contribution is -0.239. The molecule has 0 aromatic carbocycles. The molecular weight excluding hydrogens is 308 g/mol. The second kappa shape index (κ2) is 7.23. The van der Waals surface area contributed by atoms with Crippen molar-refractivity contribution >= 4 is 17.9 Å². The highest BCUT2D eigenvalue weighted by atomic mass is 16.6. The normalized spacial score (nSPS) is 27.1. The highest BCUT2D eigenvalue weighted by molar-refractivity contribution is 5.68. The van der Waals surface area contributed by atoms with Crippen LogP contribution < -0.4 is 0 Å². The predicted molar refractivity (Wildman–Crippen MR) is 73.9 cm³/mol. The molecule has 1 aromatic heterocycles. The summed E-state index contributed by atoms with van der Waals surface area (Å²) < 4.78 is 22.9. The summed E-state index contributed by atoms with van der Waals surface area (Å²) in [5, 5.41) is 0. The molecule has 0 saturated carbocycles. The van der Waals surface area contributed by atoms with Gasteiger partial charge >= 0.3 is 17.9 Å². The van der Waals surface area contributed by atoms with E-state index < -0.39 is 42.4 Å². The molecule has 0 radical (unpaired) electrons. The van der Waals surface area contributed by atoms with Crippen LogP contribution in [0.4, 0.5) is 0 Å². The molecule has 4 atom stereocenters. The molecule has 0 aliphatic carbocycles. The van der Waals surface area contributed by atoms with Gasteiger partial charge in [0.1, 0.15) is 0 Å². The van der Waals surface area contributed by atoms with Gasteiger partial charge in [-0.05, 0) is 0 Å². The van der Waals surface area contributed by atoms with Crippen LogP contribution in [0.2, 0.25) is 0 Å². The van der Waals surface area contributed by atoms with E-state index in [1.807, 2.05) is 0 Å². The van der Waals surface area contributed by atoms with E-state index in [0.717, 1.165) is 0 Å². The van der Waals surface area contributed by atoms with Crippen LogP contribution in [0, 0.1) is 0 Å². The number of rotatable bonds is 4. The number of esters is 3. The maximum Gasteiger partial charge on any atom is 0.303 e. The fourth-order valence-electron chi connectivity index (χ4n) is 2.40. The van der Waals surface area contributed by atoms with Gasteiger partial charge in [0, 0.05) is 33.2 Å². The van der Waals surface area contributed by atoms with Gasteiger partial charge in [0.2, 0.25) is 0 Å². The summed E-state index contributed by atoms with van der Waals surface area (Å²) in [5.41, 5.74) is 0. The van der Waals surface area contributed by atoms with E-state index in [1.165, 1.54) is 33.3 Å². The van der Waals surface area contributed by atoms with Gasteiger partial charge in [-0.3, -0.25) is 14.4 Å². The molecule has 9 heteroatoms. The molecular formula is C14H18N2O7. The van der Waals surface area contributed by atoms with Crippen molar-refractivity contribution in [2.75, 3.05) is 6.61 Å². The summed E-state index contributed by atoms with van der Waals surface area (Å²) in [5.74, 6) is -1.72. The molecule has 0 spiro atoms. The van der Waals surface area contributed by atoms with E-state index in [4.69, 9.17) is 18.9 Å². The van der Waals surface area contributed by atoms with Crippen LogP contribution in [0.25, 0.3) is 0 Å². The lowest BCUT2D eigenvalue weighted by Gasteiger charge is -2.40. The molecule has 0 amide bonds. The molecule has 0 bridgehead atoms. The lowest BCUT2D eigenvalue weighted by atomic mass is 10.0. The fourth-order valence-corrected chi connectivity index (χ4v) is 2.40. The Labute approximate surface area is 132 Å². The van der Waals surface area contributed by atoms with E-state index >= 15 is 0 Å². The minimum absolute atomic E-state index is 0.0157. The number of nitrogens with zero attached hydrogens (tertiary/aromatic N) is 2. The first kappa shape index (κ1) is 16.9. The van der Waals surface area contributed by atoms with Crippen molar-refractivity contribution in [3.8, 4) is 0 Å². The maximum absolute atomic E-state index is 11.4. The molecule has 0 N–H and O–H groups in total. The quantitative estimate of drug-likeness (QED) is 0.571. The van der Waals surface area contributed by atoms with Crippen LogP contribution in [0.5, 0.6) is 0 Å². The minimum atomic E-state index is -0.985. The summed E-state index contributed by atoms with van der Waals surface area (Å²) in [6.45, 7) is 3.66. The van der Waals surface area contributed by atoms with Crippen molar-refractivity contribution in [1.29, 1.82) is 0 Å². The van der Waals surface area contributed by atoms with Crippen molar-refractivity contribution in [2.45, 2.75) is 45.3 Å². The Morgan fingerprint density at radius 2 is 1.65 bits per heavy atom. The smallest absolute Gasteiger partial charge is 0.303 e. The SMILES string of the molecule is CC(=O)O[C@@H]1[C@H](OC(C)=O)[C@H](n2ccnc2)OC[C@H]1OC(C)=O. The summed E-state index contributed by atoms with van der Waals surface area (Å²) in [4.78, 5) is 38.0. The Balaban J connectivity index is 2.31. The number of imidazole rings is 1. The van der Waals surface area contributed by atoms with Gasteiger partial charge in [0.05, 0.1) is 12.9 Å². The summed E-state index contributed by atoms with van der Waals surface area (Å²) in [6.07, 6.45) is 1.05. The number of hydrogen-bond acceptors (Lipinski definition) is 8. The van der Waals surface area contributed by atoms with Gasteiger partial charge in [-0.1, -0.05) is 0 Å². The van der Waals surface area contributed by atoms with Crippen LogP contribution in [0.3, 0.4) is 0 Å². The van der Waals surface area contributed by atoms with Crippen LogP contribution in [0.1, 0.15) is 27.0 Å². The first-order valence-electron chi connectivity index (χ1n) is 6.99. The van der Waals surface area contributed by atoms with Crippen molar-refractivity contribution in [3.05, 3.63) is 18.7 Å². The largest absolute Gasteiger partial charge is 0.456 e. The van der Waals surface area contributed by atoms with E-state index in [9.17, 15) is 14.4 Å². The van der Waals surface area contributed by atoms with E-state index in [1.54, 1.807) is 10.8 Å². The molecule has 1 aliphatic rings. The Bertz CT molecular complexity index is 572. The van der Waals surface area contributed by atoms with Gasteiger partial charge in [-0.2, -0.15) is 0 Å². The lowest BCUT2D eigenvalue weighted by Crippen LogP contribution is -2.55. The Morgan fingerprint density at radius 3 is 2.17 bits per heavy atom. The number of aromatic nitrogens is 2. The Hall–Kier alpha value is -2.42. The second-order valence-corrected chi connectivity index (χ2v) is 5.03. The molecule has 1 aromatic rings. The monoisotopic (exact) mass is 326 g/mol. The average molecular weight is 326 g/mol. The highest BCUT2D eigenvalue weighted by Crippen LogP contribution is 2.30. The zero-order valence-electron chi connectivity index (χ0n) is 13.0. The minimum Gasteiger partial charge on any atom is -0.456 e. The first-order chi connectivity index (χ1) is 10.9. The number of hydrogen-bond donors (Lipinski definition) is 0. The first-order valence-corrected chi connectivity index (χ1v) is 6.99. The molecule has 2 heterocycles. The molecule has 1 saturated heterocycles. The molecule has 1 aliphatic heterocycles. The zero-order valence-corrected chi connectivity index (χ0v) is 13.0. The average Bonchev–Trinajstić information content (AvgIpc) is 2.94. The van der Waals surface area contributed by atoms with E-state index in [0.29, 0.717) is 0 Å². The topological polar surface area (TPSA) is 106 Å². The summed E-state index contributed by atoms with van der Waals surface area (Å²) in [7, 11) is 0. The molecule has 9 nitrogen and oxygen atoms in total. The third-order valence-corrected chi connectivity index (χ3v) is 3.14. The summed E-state index contributed by atoms with van der Waals surface area (Å²) in [6, 6.07) is 0. The van der Waals surface area contributed by atoms with Gasteiger partial charge in [-0.25, -0.2) is 4.98 Å². The van der Waals surface area contributed by atoms with Crippen molar-refractivity contribution in [2.24, 2.45) is 0 Å². The van der Waals surface area contributed by atoms with Crippen LogP contribution >= 0.6 is 0 Å². The third kappa shape index (κ3) is 4.28. The number of ether oxygens (including phenoxy) is 4. The van der Waals surface area contributed by atoms with Gasteiger partial charge in [0.25, 0.3) is 0 Å². The molecule has 2 rings (SSSR count). The van der Waals surface area contributed by atoms with Crippen molar-refractivity contribution in [1.82, 2.24) is 9.55 Å². The Morgan fingerprint density at radius 1 is 1.04 bits per heavy atom. The van der Waals surface area contributed by atoms with Crippen LogP contribution in [-0.2, 0) is 33.3 Å². The molecule has 0 unspecified atom stereocenters. The Kier molecular flexibility index (Phi) is 5.32. The summed E-state index contributed by atoms with van der Waals surface area (Å²) >= 11 is 0. The fraction of sp³-hybridized carbons (Fsp3) is 0.571.